The summed E-state index contributed by atoms with van der Waals surface area (Å²) in [6.45, 7) is 3.97. The fourth-order valence-electron chi connectivity index (χ4n) is 0.763. The molecule has 1 N–H and O–H groups in total. The first-order valence-corrected chi connectivity index (χ1v) is 4.41. The molecule has 0 saturated heterocycles. The number of rotatable bonds is 3. The Kier molecular flexibility index (Phi) is 3.53. The highest BCUT2D eigenvalue weighted by molar-refractivity contribution is 5.91. The maximum absolute atomic E-state index is 11.5. The number of hydrazine groups is 1. The minimum atomic E-state index is -0.241. The van der Waals surface area contributed by atoms with Crippen molar-refractivity contribution in [2.75, 3.05) is 7.05 Å². The molecule has 5 heteroatoms. The zero-order valence-corrected chi connectivity index (χ0v) is 8.56. The average molecular weight is 194 g/mol. The molecule has 0 atom stereocenters. The van der Waals surface area contributed by atoms with Crippen molar-refractivity contribution < 1.29 is 4.79 Å². The second-order valence-electron chi connectivity index (χ2n) is 3.24. The molecule has 1 amide bonds. The molecule has 1 aromatic rings. The van der Waals surface area contributed by atoms with Gasteiger partial charge < -0.3 is 0 Å². The Morgan fingerprint density at radius 2 is 2.21 bits per heavy atom. The average Bonchev–Trinajstić information content (AvgIpc) is 2.19. The van der Waals surface area contributed by atoms with E-state index in [-0.39, 0.29) is 11.9 Å². The third-order valence-electron chi connectivity index (χ3n) is 1.85. The van der Waals surface area contributed by atoms with Crippen molar-refractivity contribution in [3.05, 3.63) is 24.3 Å². The van der Waals surface area contributed by atoms with Gasteiger partial charge in [-0.2, -0.15) is 0 Å². The van der Waals surface area contributed by atoms with Crippen LogP contribution in [0, 0.1) is 0 Å². The second-order valence-corrected chi connectivity index (χ2v) is 3.24. The van der Waals surface area contributed by atoms with Crippen LogP contribution in [0.3, 0.4) is 0 Å². The van der Waals surface area contributed by atoms with Gasteiger partial charge in [0.2, 0.25) is 0 Å². The molecule has 0 aliphatic heterocycles. The van der Waals surface area contributed by atoms with E-state index in [0.29, 0.717) is 5.69 Å². The predicted molar refractivity (Wildman–Crippen MR) is 52.4 cm³/mol. The summed E-state index contributed by atoms with van der Waals surface area (Å²) in [7, 11) is 1.80. The van der Waals surface area contributed by atoms with Crippen molar-refractivity contribution in [1.82, 2.24) is 20.4 Å². The Morgan fingerprint density at radius 1 is 1.50 bits per heavy atom. The number of hydrogen-bond donors (Lipinski definition) is 1. The molecule has 0 aromatic carbocycles. The van der Waals surface area contributed by atoms with E-state index in [1.54, 1.807) is 12.1 Å². The largest absolute Gasteiger partial charge is 0.285 e. The topological polar surface area (TPSA) is 58.1 Å². The standard InChI is InChI=1S/C9H14N4O/c1-7(2)13(3)12-9(14)8-6-10-4-5-11-8/h4-7H,1-3H3,(H,12,14). The summed E-state index contributed by atoms with van der Waals surface area (Å²) >= 11 is 0. The lowest BCUT2D eigenvalue weighted by atomic mass is 10.4. The Morgan fingerprint density at radius 3 is 2.71 bits per heavy atom. The van der Waals surface area contributed by atoms with Crippen LogP contribution in [0.1, 0.15) is 24.3 Å². The van der Waals surface area contributed by atoms with E-state index in [1.165, 1.54) is 18.6 Å². The maximum atomic E-state index is 11.5. The molecule has 0 spiro atoms. The summed E-state index contributed by atoms with van der Waals surface area (Å²) in [5.74, 6) is -0.241. The highest BCUT2D eigenvalue weighted by Crippen LogP contribution is 1.93. The molecular formula is C9H14N4O. The molecule has 0 aliphatic rings. The molecule has 0 radical (unpaired) electrons. The van der Waals surface area contributed by atoms with Gasteiger partial charge in [-0.15, -0.1) is 0 Å². The van der Waals surface area contributed by atoms with E-state index in [2.05, 4.69) is 15.4 Å². The Bertz CT molecular complexity index is 299. The SMILES string of the molecule is CC(C)N(C)NC(=O)c1cnccn1. The Hall–Kier alpha value is -1.49. The number of hydrogen-bond acceptors (Lipinski definition) is 4. The van der Waals surface area contributed by atoms with Gasteiger partial charge >= 0.3 is 0 Å². The van der Waals surface area contributed by atoms with Gasteiger partial charge in [0.05, 0.1) is 6.20 Å². The zero-order chi connectivity index (χ0) is 10.6. The van der Waals surface area contributed by atoms with Crippen molar-refractivity contribution in [3.63, 3.8) is 0 Å². The molecular weight excluding hydrogens is 180 g/mol. The molecule has 0 saturated carbocycles. The van der Waals surface area contributed by atoms with E-state index in [1.807, 2.05) is 13.8 Å². The first-order valence-electron chi connectivity index (χ1n) is 4.41. The number of carbonyl (C=O) groups is 1. The van der Waals surface area contributed by atoms with Crippen molar-refractivity contribution >= 4 is 5.91 Å². The maximum Gasteiger partial charge on any atom is 0.285 e. The molecule has 0 bridgehead atoms. The van der Waals surface area contributed by atoms with E-state index in [9.17, 15) is 4.79 Å². The number of carbonyl (C=O) groups excluding carboxylic acids is 1. The van der Waals surface area contributed by atoms with Gasteiger partial charge in [0.15, 0.2) is 0 Å². The van der Waals surface area contributed by atoms with Crippen molar-refractivity contribution in [2.24, 2.45) is 0 Å². The van der Waals surface area contributed by atoms with Gasteiger partial charge in [-0.1, -0.05) is 0 Å². The third kappa shape index (κ3) is 2.77. The number of nitrogens with zero attached hydrogens (tertiary/aromatic N) is 3. The minimum absolute atomic E-state index is 0.241. The quantitative estimate of drug-likeness (QED) is 0.710. The summed E-state index contributed by atoms with van der Waals surface area (Å²) in [4.78, 5) is 19.2. The number of aromatic nitrogens is 2. The van der Waals surface area contributed by atoms with Crippen molar-refractivity contribution in [3.8, 4) is 0 Å². The molecule has 0 fully saturated rings. The van der Waals surface area contributed by atoms with Crippen LogP contribution in [-0.2, 0) is 0 Å². The lowest BCUT2D eigenvalue weighted by Gasteiger charge is -2.21. The zero-order valence-electron chi connectivity index (χ0n) is 8.56. The number of nitrogens with one attached hydrogen (secondary N) is 1. The summed E-state index contributed by atoms with van der Waals surface area (Å²) in [6, 6.07) is 0.246. The molecule has 1 aromatic heterocycles. The lowest BCUT2D eigenvalue weighted by molar-refractivity contribution is 0.0780. The molecule has 0 aliphatic carbocycles. The van der Waals surface area contributed by atoms with Crippen molar-refractivity contribution in [1.29, 1.82) is 0 Å². The molecule has 14 heavy (non-hydrogen) atoms. The second kappa shape index (κ2) is 4.66. The third-order valence-corrected chi connectivity index (χ3v) is 1.85. The van der Waals surface area contributed by atoms with Crippen LogP contribution in [0.4, 0.5) is 0 Å². The molecule has 76 valence electrons. The minimum Gasteiger partial charge on any atom is -0.283 e. The Balaban J connectivity index is 2.60. The number of amides is 1. The van der Waals surface area contributed by atoms with E-state index >= 15 is 0 Å². The van der Waals surface area contributed by atoms with Gasteiger partial charge in [-0.25, -0.2) is 9.99 Å². The van der Waals surface area contributed by atoms with Gasteiger partial charge in [0, 0.05) is 25.5 Å². The van der Waals surface area contributed by atoms with Crippen LogP contribution in [0.25, 0.3) is 0 Å². The smallest absolute Gasteiger partial charge is 0.283 e. The summed E-state index contributed by atoms with van der Waals surface area (Å²) < 4.78 is 0. The van der Waals surface area contributed by atoms with Crippen LogP contribution in [0.2, 0.25) is 0 Å². The van der Waals surface area contributed by atoms with Gasteiger partial charge in [0.25, 0.3) is 5.91 Å². The highest BCUT2D eigenvalue weighted by atomic mass is 16.2. The fourth-order valence-corrected chi connectivity index (χ4v) is 0.763. The van der Waals surface area contributed by atoms with E-state index in [4.69, 9.17) is 0 Å². The van der Waals surface area contributed by atoms with Crippen LogP contribution in [0.15, 0.2) is 18.6 Å². The molecule has 1 rings (SSSR count). The Labute approximate surface area is 83.1 Å². The highest BCUT2D eigenvalue weighted by Gasteiger charge is 2.10. The van der Waals surface area contributed by atoms with Crippen LogP contribution < -0.4 is 5.43 Å². The summed E-state index contributed by atoms with van der Waals surface area (Å²) in [5, 5.41) is 1.72. The monoisotopic (exact) mass is 194 g/mol. The fraction of sp³-hybridized carbons (Fsp3) is 0.444. The van der Waals surface area contributed by atoms with Crippen LogP contribution in [-0.4, -0.2) is 34.0 Å². The van der Waals surface area contributed by atoms with Gasteiger partial charge in [-0.3, -0.25) is 15.2 Å². The van der Waals surface area contributed by atoms with Crippen LogP contribution in [0.5, 0.6) is 0 Å². The van der Waals surface area contributed by atoms with E-state index < -0.39 is 0 Å². The van der Waals surface area contributed by atoms with Crippen molar-refractivity contribution in [2.45, 2.75) is 19.9 Å². The van der Waals surface area contributed by atoms with Crippen LogP contribution >= 0.6 is 0 Å². The predicted octanol–water partition coefficient (Wildman–Crippen LogP) is 0.462. The molecule has 5 nitrogen and oxygen atoms in total. The first-order chi connectivity index (χ1) is 6.61. The van der Waals surface area contributed by atoms with Gasteiger partial charge in [-0.05, 0) is 13.8 Å². The van der Waals surface area contributed by atoms with Gasteiger partial charge in [0.1, 0.15) is 5.69 Å². The first kappa shape index (κ1) is 10.6. The summed E-state index contributed by atoms with van der Waals surface area (Å²) in [5.41, 5.74) is 3.01. The normalized spacial score (nSPS) is 10.6. The molecule has 1 heterocycles. The van der Waals surface area contributed by atoms with E-state index in [0.717, 1.165) is 0 Å². The molecule has 0 unspecified atom stereocenters. The summed E-state index contributed by atoms with van der Waals surface area (Å²) in [6.07, 6.45) is 4.46. The lowest BCUT2D eigenvalue weighted by Crippen LogP contribution is -2.43.